The van der Waals surface area contributed by atoms with Crippen molar-refractivity contribution in [3.63, 3.8) is 0 Å². The zero-order valence-electron chi connectivity index (χ0n) is 12.4. The van der Waals surface area contributed by atoms with Crippen LogP contribution in [0.15, 0.2) is 54.6 Å². The Morgan fingerprint density at radius 3 is 2.14 bits per heavy atom. The topological polar surface area (TPSA) is 58.2 Å². The van der Waals surface area contributed by atoms with Crippen molar-refractivity contribution in [3.8, 4) is 0 Å². The Kier molecular flexibility index (Phi) is 3.92. The lowest BCUT2D eigenvalue weighted by atomic mass is 10.2. The van der Waals surface area contributed by atoms with E-state index in [9.17, 15) is 9.59 Å². The second kappa shape index (κ2) is 6.02. The van der Waals surface area contributed by atoms with Crippen molar-refractivity contribution in [2.24, 2.45) is 11.8 Å². The molecule has 1 aliphatic carbocycles. The van der Waals surface area contributed by atoms with Crippen LogP contribution in [0, 0.1) is 18.8 Å². The van der Waals surface area contributed by atoms with Gasteiger partial charge in [0.05, 0.1) is 11.8 Å². The Morgan fingerprint density at radius 1 is 0.864 bits per heavy atom. The third kappa shape index (κ3) is 3.17. The minimum atomic E-state index is -0.233. The van der Waals surface area contributed by atoms with Gasteiger partial charge in [0.25, 0.3) is 0 Å². The van der Waals surface area contributed by atoms with Gasteiger partial charge >= 0.3 is 0 Å². The number of carbonyl (C=O) groups is 2. The maximum atomic E-state index is 12.2. The zero-order chi connectivity index (χ0) is 15.5. The molecule has 1 fully saturated rings. The summed E-state index contributed by atoms with van der Waals surface area (Å²) in [4.78, 5) is 24.3. The molecular weight excluding hydrogens is 276 g/mol. The molecule has 2 atom stereocenters. The molecule has 0 spiro atoms. The minimum absolute atomic E-state index is 0.0810. The molecule has 22 heavy (non-hydrogen) atoms. The van der Waals surface area contributed by atoms with Gasteiger partial charge in [-0.05, 0) is 37.1 Å². The van der Waals surface area contributed by atoms with Crippen LogP contribution in [0.2, 0.25) is 0 Å². The van der Waals surface area contributed by atoms with Gasteiger partial charge in [-0.1, -0.05) is 36.4 Å². The maximum Gasteiger partial charge on any atom is 0.228 e. The van der Waals surface area contributed by atoms with E-state index in [1.165, 1.54) is 0 Å². The Labute approximate surface area is 129 Å². The van der Waals surface area contributed by atoms with E-state index in [2.05, 4.69) is 10.6 Å². The van der Waals surface area contributed by atoms with Gasteiger partial charge in [0.15, 0.2) is 0 Å². The average molecular weight is 294 g/mol. The van der Waals surface area contributed by atoms with Crippen molar-refractivity contribution < 1.29 is 9.59 Å². The van der Waals surface area contributed by atoms with E-state index in [4.69, 9.17) is 0 Å². The van der Waals surface area contributed by atoms with E-state index in [0.717, 1.165) is 16.9 Å². The Morgan fingerprint density at radius 2 is 1.45 bits per heavy atom. The van der Waals surface area contributed by atoms with Crippen LogP contribution < -0.4 is 10.6 Å². The first-order valence-electron chi connectivity index (χ1n) is 7.37. The van der Waals surface area contributed by atoms with Gasteiger partial charge in [0.2, 0.25) is 11.8 Å². The predicted octanol–water partition coefficient (Wildman–Crippen LogP) is 3.21. The molecule has 1 saturated carbocycles. The molecule has 1 aliphatic rings. The number of aryl methyl sites for hydroxylation is 1. The highest BCUT2D eigenvalue weighted by atomic mass is 16.2. The Balaban J connectivity index is 1.56. The van der Waals surface area contributed by atoms with E-state index < -0.39 is 0 Å². The number of anilines is 2. The number of hydrogen-bond acceptors (Lipinski definition) is 2. The summed E-state index contributed by atoms with van der Waals surface area (Å²) >= 11 is 0. The van der Waals surface area contributed by atoms with Crippen molar-refractivity contribution >= 4 is 23.2 Å². The second-order valence-corrected chi connectivity index (χ2v) is 5.61. The zero-order valence-corrected chi connectivity index (χ0v) is 12.4. The van der Waals surface area contributed by atoms with E-state index in [1.807, 2.05) is 61.5 Å². The standard InChI is InChI=1S/C18H18N2O2/c1-12-7-5-6-10-16(12)20-18(22)15-11-14(15)17(21)19-13-8-3-2-4-9-13/h2-10,14-15H,11H2,1H3,(H,19,21)(H,20,22). The van der Waals surface area contributed by atoms with Crippen molar-refractivity contribution in [1.29, 1.82) is 0 Å². The van der Waals surface area contributed by atoms with Gasteiger partial charge in [-0.3, -0.25) is 9.59 Å². The van der Waals surface area contributed by atoms with Crippen LogP contribution in [0.1, 0.15) is 12.0 Å². The lowest BCUT2D eigenvalue weighted by molar-refractivity contribution is -0.122. The molecule has 2 unspecified atom stereocenters. The van der Waals surface area contributed by atoms with Crippen LogP contribution in [0.5, 0.6) is 0 Å². The van der Waals surface area contributed by atoms with Gasteiger partial charge < -0.3 is 10.6 Å². The third-order valence-corrected chi connectivity index (χ3v) is 3.91. The summed E-state index contributed by atoms with van der Waals surface area (Å²) in [5.41, 5.74) is 2.58. The molecule has 0 aliphatic heterocycles. The fourth-order valence-electron chi connectivity index (χ4n) is 2.47. The summed E-state index contributed by atoms with van der Waals surface area (Å²) in [6.07, 6.45) is 0.608. The fourth-order valence-corrected chi connectivity index (χ4v) is 2.47. The molecule has 112 valence electrons. The fraction of sp³-hybridized carbons (Fsp3) is 0.222. The molecule has 0 aromatic heterocycles. The Bertz CT molecular complexity index is 697. The SMILES string of the molecule is Cc1ccccc1NC(=O)C1CC1C(=O)Nc1ccccc1. The Hall–Kier alpha value is -2.62. The minimum Gasteiger partial charge on any atom is -0.326 e. The molecule has 0 radical (unpaired) electrons. The molecule has 4 heteroatoms. The van der Waals surface area contributed by atoms with Crippen LogP contribution in [0.4, 0.5) is 11.4 Å². The first-order valence-corrected chi connectivity index (χ1v) is 7.37. The first-order chi connectivity index (χ1) is 10.6. The van der Waals surface area contributed by atoms with Crippen LogP contribution in [0.25, 0.3) is 0 Å². The molecule has 0 saturated heterocycles. The number of hydrogen-bond donors (Lipinski definition) is 2. The summed E-state index contributed by atoms with van der Waals surface area (Å²) in [6.45, 7) is 1.95. The van der Waals surface area contributed by atoms with E-state index >= 15 is 0 Å². The van der Waals surface area contributed by atoms with Crippen LogP contribution >= 0.6 is 0 Å². The highest BCUT2D eigenvalue weighted by molar-refractivity contribution is 6.03. The number of para-hydroxylation sites is 2. The number of nitrogens with one attached hydrogen (secondary N) is 2. The van der Waals surface area contributed by atoms with Crippen LogP contribution in [-0.2, 0) is 9.59 Å². The van der Waals surface area contributed by atoms with Crippen molar-refractivity contribution in [3.05, 3.63) is 60.2 Å². The first kappa shape index (κ1) is 14.3. The van der Waals surface area contributed by atoms with E-state index in [0.29, 0.717) is 6.42 Å². The second-order valence-electron chi connectivity index (χ2n) is 5.61. The van der Waals surface area contributed by atoms with Gasteiger partial charge in [-0.25, -0.2) is 0 Å². The number of benzene rings is 2. The quantitative estimate of drug-likeness (QED) is 0.909. The molecule has 2 aromatic rings. The molecular formula is C18H18N2O2. The highest BCUT2D eigenvalue weighted by Crippen LogP contribution is 2.40. The third-order valence-electron chi connectivity index (χ3n) is 3.91. The average Bonchev–Trinajstić information content (AvgIpc) is 3.31. The van der Waals surface area contributed by atoms with Gasteiger partial charge in [0, 0.05) is 11.4 Å². The predicted molar refractivity (Wildman–Crippen MR) is 86.5 cm³/mol. The number of carbonyl (C=O) groups excluding carboxylic acids is 2. The number of rotatable bonds is 4. The molecule has 0 bridgehead atoms. The largest absolute Gasteiger partial charge is 0.326 e. The summed E-state index contributed by atoms with van der Waals surface area (Å²) in [7, 11) is 0. The van der Waals surface area contributed by atoms with Crippen molar-refractivity contribution in [2.75, 3.05) is 10.6 Å². The lowest BCUT2D eigenvalue weighted by Crippen LogP contribution is -2.20. The smallest absolute Gasteiger partial charge is 0.228 e. The van der Waals surface area contributed by atoms with Crippen LogP contribution in [-0.4, -0.2) is 11.8 Å². The summed E-state index contributed by atoms with van der Waals surface area (Å²) < 4.78 is 0. The summed E-state index contributed by atoms with van der Waals surface area (Å²) in [6, 6.07) is 16.9. The monoisotopic (exact) mass is 294 g/mol. The molecule has 2 N–H and O–H groups in total. The molecule has 2 amide bonds. The van der Waals surface area contributed by atoms with Crippen molar-refractivity contribution in [2.45, 2.75) is 13.3 Å². The number of amides is 2. The van der Waals surface area contributed by atoms with Crippen molar-refractivity contribution in [1.82, 2.24) is 0 Å². The summed E-state index contributed by atoms with van der Waals surface area (Å²) in [5, 5.41) is 5.75. The normalized spacial score (nSPS) is 19.3. The van der Waals surface area contributed by atoms with Gasteiger partial charge in [0.1, 0.15) is 0 Å². The lowest BCUT2D eigenvalue weighted by Gasteiger charge is -2.08. The molecule has 2 aromatic carbocycles. The molecule has 3 rings (SSSR count). The molecule has 0 heterocycles. The van der Waals surface area contributed by atoms with Gasteiger partial charge in [-0.2, -0.15) is 0 Å². The van der Waals surface area contributed by atoms with E-state index in [1.54, 1.807) is 0 Å². The van der Waals surface area contributed by atoms with E-state index in [-0.39, 0.29) is 23.7 Å². The van der Waals surface area contributed by atoms with Crippen LogP contribution in [0.3, 0.4) is 0 Å². The molecule has 4 nitrogen and oxygen atoms in total. The maximum absolute atomic E-state index is 12.2. The van der Waals surface area contributed by atoms with Gasteiger partial charge in [-0.15, -0.1) is 0 Å². The highest BCUT2D eigenvalue weighted by Gasteiger charge is 2.48. The summed E-state index contributed by atoms with van der Waals surface area (Å²) in [5.74, 6) is -0.633.